The Hall–Kier alpha value is -3.93. The zero-order valence-electron chi connectivity index (χ0n) is 17.5. The second-order valence-corrected chi connectivity index (χ2v) is 7.31. The molecule has 3 rings (SSSR count). The van der Waals surface area contributed by atoms with Crippen molar-refractivity contribution in [2.24, 2.45) is 0 Å². The van der Waals surface area contributed by atoms with E-state index in [-0.39, 0.29) is 11.6 Å². The van der Waals surface area contributed by atoms with Crippen LogP contribution in [0.5, 0.6) is 0 Å². The quantitative estimate of drug-likeness (QED) is 0.214. The third kappa shape index (κ3) is 6.02. The van der Waals surface area contributed by atoms with Crippen molar-refractivity contribution in [3.63, 3.8) is 0 Å². The van der Waals surface area contributed by atoms with E-state index in [0.717, 1.165) is 17.8 Å². The minimum Gasteiger partial charge on any atom is -0.345 e. The highest BCUT2D eigenvalue weighted by atomic mass is 16.6. The van der Waals surface area contributed by atoms with E-state index >= 15 is 0 Å². The zero-order valence-corrected chi connectivity index (χ0v) is 17.5. The van der Waals surface area contributed by atoms with Crippen LogP contribution in [0.4, 0.5) is 5.69 Å². The maximum atomic E-state index is 12.8. The summed E-state index contributed by atoms with van der Waals surface area (Å²) in [5.41, 5.74) is 4.19. The number of nitro groups is 1. The van der Waals surface area contributed by atoms with Crippen LogP contribution in [0.15, 0.2) is 85.6 Å². The first-order valence-electron chi connectivity index (χ1n) is 9.98. The van der Waals surface area contributed by atoms with Crippen molar-refractivity contribution in [1.82, 2.24) is 9.47 Å². The van der Waals surface area contributed by atoms with Gasteiger partial charge in [-0.1, -0.05) is 35.9 Å². The molecular formula is C25H25N3O3. The van der Waals surface area contributed by atoms with Gasteiger partial charge in [0.05, 0.1) is 11.5 Å². The molecule has 0 spiro atoms. The Bertz CT molecular complexity index is 1100. The number of carbonyl (C=O) groups excluding carboxylic acids is 1. The monoisotopic (exact) mass is 415 g/mol. The molecule has 0 fully saturated rings. The molecule has 0 radical (unpaired) electrons. The smallest absolute Gasteiger partial charge is 0.269 e. The summed E-state index contributed by atoms with van der Waals surface area (Å²) in [7, 11) is 0. The predicted octanol–water partition coefficient (Wildman–Crippen LogP) is 4.98. The molecule has 0 aliphatic rings. The van der Waals surface area contributed by atoms with Gasteiger partial charge in [-0.05, 0) is 48.4 Å². The molecule has 0 bridgehead atoms. The summed E-state index contributed by atoms with van der Waals surface area (Å²) in [4.78, 5) is 24.8. The second kappa shape index (κ2) is 10.2. The summed E-state index contributed by atoms with van der Waals surface area (Å²) in [6.07, 6.45) is 6.86. The lowest BCUT2D eigenvalue weighted by Gasteiger charge is -2.21. The number of benzene rings is 2. The van der Waals surface area contributed by atoms with Crippen LogP contribution in [0.3, 0.4) is 0 Å². The Labute approximate surface area is 181 Å². The zero-order chi connectivity index (χ0) is 22.2. The van der Waals surface area contributed by atoms with Crippen LogP contribution in [-0.4, -0.2) is 26.8 Å². The minimum absolute atomic E-state index is 0.0196. The molecule has 6 heteroatoms. The molecule has 0 N–H and O–H groups in total. The number of hydrogen-bond donors (Lipinski definition) is 0. The van der Waals surface area contributed by atoms with Gasteiger partial charge in [0.2, 0.25) is 5.91 Å². The SMILES string of the molecule is C=CCN(Cc1cccn1Cc1cccc(C)c1)C(=O)/C=C/c1ccc([N+](=O)[O-])cc1. The summed E-state index contributed by atoms with van der Waals surface area (Å²) in [5, 5.41) is 10.8. The number of amides is 1. The van der Waals surface area contributed by atoms with Crippen molar-refractivity contribution in [3.05, 3.63) is 118 Å². The van der Waals surface area contributed by atoms with Gasteiger partial charge in [0.15, 0.2) is 0 Å². The molecule has 1 aromatic heterocycles. The number of nitro benzene ring substituents is 1. The molecule has 3 aromatic rings. The average Bonchev–Trinajstić information content (AvgIpc) is 3.18. The van der Waals surface area contributed by atoms with Gasteiger partial charge in [-0.25, -0.2) is 0 Å². The number of hydrogen-bond acceptors (Lipinski definition) is 3. The van der Waals surface area contributed by atoms with E-state index in [4.69, 9.17) is 0 Å². The lowest BCUT2D eigenvalue weighted by Crippen LogP contribution is -2.30. The van der Waals surface area contributed by atoms with Crippen LogP contribution in [0.25, 0.3) is 6.08 Å². The fraction of sp³-hybridized carbons (Fsp3) is 0.160. The highest BCUT2D eigenvalue weighted by molar-refractivity contribution is 5.91. The summed E-state index contributed by atoms with van der Waals surface area (Å²) in [6, 6.07) is 18.4. The largest absolute Gasteiger partial charge is 0.345 e. The highest BCUT2D eigenvalue weighted by Crippen LogP contribution is 2.15. The molecule has 0 aliphatic heterocycles. The Balaban J connectivity index is 1.71. The Morgan fingerprint density at radius 3 is 2.61 bits per heavy atom. The molecule has 0 atom stereocenters. The van der Waals surface area contributed by atoms with Gasteiger partial charge in [0.1, 0.15) is 0 Å². The molecule has 158 valence electrons. The number of aromatic nitrogens is 1. The molecule has 0 aliphatic carbocycles. The van der Waals surface area contributed by atoms with E-state index in [1.165, 1.54) is 29.3 Å². The first kappa shape index (κ1) is 21.8. The highest BCUT2D eigenvalue weighted by Gasteiger charge is 2.13. The van der Waals surface area contributed by atoms with Crippen LogP contribution in [0.2, 0.25) is 0 Å². The van der Waals surface area contributed by atoms with Crippen molar-refractivity contribution < 1.29 is 9.72 Å². The Morgan fingerprint density at radius 2 is 1.94 bits per heavy atom. The lowest BCUT2D eigenvalue weighted by molar-refractivity contribution is -0.384. The van der Waals surface area contributed by atoms with E-state index in [2.05, 4.69) is 36.3 Å². The first-order valence-corrected chi connectivity index (χ1v) is 9.98. The molecule has 0 saturated heterocycles. The molecule has 1 heterocycles. The van der Waals surface area contributed by atoms with Crippen molar-refractivity contribution in [3.8, 4) is 0 Å². The lowest BCUT2D eigenvalue weighted by atomic mass is 10.1. The van der Waals surface area contributed by atoms with Gasteiger partial charge in [0, 0.05) is 43.2 Å². The second-order valence-electron chi connectivity index (χ2n) is 7.31. The van der Waals surface area contributed by atoms with Crippen LogP contribution in [0.1, 0.15) is 22.4 Å². The van der Waals surface area contributed by atoms with Gasteiger partial charge < -0.3 is 9.47 Å². The van der Waals surface area contributed by atoms with E-state index < -0.39 is 4.92 Å². The molecule has 6 nitrogen and oxygen atoms in total. The van der Waals surface area contributed by atoms with Crippen molar-refractivity contribution in [2.45, 2.75) is 20.0 Å². The number of nitrogens with zero attached hydrogens (tertiary/aromatic N) is 3. The summed E-state index contributed by atoms with van der Waals surface area (Å²) >= 11 is 0. The number of non-ortho nitro benzene ring substituents is 1. The number of carbonyl (C=O) groups is 1. The minimum atomic E-state index is -0.448. The van der Waals surface area contributed by atoms with Crippen LogP contribution in [0, 0.1) is 17.0 Å². The molecular weight excluding hydrogens is 390 g/mol. The van der Waals surface area contributed by atoms with E-state index in [1.54, 1.807) is 29.2 Å². The van der Waals surface area contributed by atoms with Gasteiger partial charge in [-0.15, -0.1) is 6.58 Å². The van der Waals surface area contributed by atoms with Crippen molar-refractivity contribution in [2.75, 3.05) is 6.54 Å². The summed E-state index contributed by atoms with van der Waals surface area (Å²) in [6.45, 7) is 7.44. The molecule has 2 aromatic carbocycles. The number of rotatable bonds is 9. The van der Waals surface area contributed by atoms with Crippen molar-refractivity contribution >= 4 is 17.7 Å². The first-order chi connectivity index (χ1) is 15.0. The van der Waals surface area contributed by atoms with Gasteiger partial charge in [-0.3, -0.25) is 14.9 Å². The predicted molar refractivity (Wildman–Crippen MR) is 122 cm³/mol. The topological polar surface area (TPSA) is 68.4 Å². The summed E-state index contributed by atoms with van der Waals surface area (Å²) in [5.74, 6) is -0.151. The maximum Gasteiger partial charge on any atom is 0.269 e. The van der Waals surface area contributed by atoms with Crippen LogP contribution < -0.4 is 0 Å². The normalized spacial score (nSPS) is 10.9. The Morgan fingerprint density at radius 1 is 1.16 bits per heavy atom. The molecule has 0 saturated carbocycles. The third-order valence-electron chi connectivity index (χ3n) is 4.90. The fourth-order valence-electron chi connectivity index (χ4n) is 3.32. The van der Waals surface area contributed by atoms with Crippen LogP contribution in [-0.2, 0) is 17.9 Å². The molecule has 1 amide bonds. The van der Waals surface area contributed by atoms with Crippen LogP contribution >= 0.6 is 0 Å². The maximum absolute atomic E-state index is 12.8. The van der Waals surface area contributed by atoms with Gasteiger partial charge in [-0.2, -0.15) is 0 Å². The van der Waals surface area contributed by atoms with E-state index in [0.29, 0.717) is 13.1 Å². The van der Waals surface area contributed by atoms with E-state index in [9.17, 15) is 14.9 Å². The standard InChI is InChI=1S/C25H25N3O3/c1-3-15-27(25(29)14-11-21-9-12-23(13-10-21)28(30)31)19-24-8-5-16-26(24)18-22-7-4-6-20(2)17-22/h3-14,16-17H,1,15,18-19H2,2H3/b14-11+. The number of aryl methyl sites for hydroxylation is 1. The third-order valence-corrected chi connectivity index (χ3v) is 4.90. The van der Waals surface area contributed by atoms with Crippen molar-refractivity contribution in [1.29, 1.82) is 0 Å². The van der Waals surface area contributed by atoms with Gasteiger partial charge in [0.25, 0.3) is 5.69 Å². The Kier molecular flexibility index (Phi) is 7.17. The molecule has 0 unspecified atom stereocenters. The fourth-order valence-corrected chi connectivity index (χ4v) is 3.32. The van der Waals surface area contributed by atoms with E-state index in [1.807, 2.05) is 24.4 Å². The van der Waals surface area contributed by atoms with Gasteiger partial charge >= 0.3 is 0 Å². The summed E-state index contributed by atoms with van der Waals surface area (Å²) < 4.78 is 2.14. The average molecular weight is 415 g/mol. The molecule has 31 heavy (non-hydrogen) atoms.